The molecule has 0 bridgehead atoms. The van der Waals surface area contributed by atoms with Gasteiger partial charge in [-0.1, -0.05) is 31.2 Å². The van der Waals surface area contributed by atoms with E-state index < -0.39 is 12.0 Å². The van der Waals surface area contributed by atoms with Crippen LogP contribution in [0, 0.1) is 0 Å². The van der Waals surface area contributed by atoms with Crippen molar-refractivity contribution >= 4 is 11.9 Å². The molecule has 1 aliphatic rings. The number of aryl methyl sites for hydroxylation is 1. The number of aromatic amines is 1. The number of benzene rings is 1. The predicted octanol–water partition coefficient (Wildman–Crippen LogP) is 1.62. The first kappa shape index (κ1) is 14.3. The second kappa shape index (κ2) is 5.63. The van der Waals surface area contributed by atoms with Gasteiger partial charge in [0.15, 0.2) is 0 Å². The van der Waals surface area contributed by atoms with Crippen molar-refractivity contribution < 1.29 is 14.7 Å². The lowest BCUT2D eigenvalue weighted by atomic mass is 9.93. The zero-order valence-corrected chi connectivity index (χ0v) is 12.2. The van der Waals surface area contributed by atoms with Gasteiger partial charge in [0.2, 0.25) is 0 Å². The Morgan fingerprint density at radius 3 is 2.73 bits per heavy atom. The third-order valence-corrected chi connectivity index (χ3v) is 4.03. The lowest BCUT2D eigenvalue weighted by Gasteiger charge is -2.33. The van der Waals surface area contributed by atoms with E-state index in [-0.39, 0.29) is 11.6 Å². The standard InChI is InChI=1S/C16H17N3O3/c1-2-12-8-13(18-17-12)15(20)19-9-11-6-4-3-5-10(11)7-14(19)16(21)22/h3-6,8,14H,2,7,9H2,1H3,(H,17,18)(H,21,22). The van der Waals surface area contributed by atoms with Crippen molar-refractivity contribution in [1.82, 2.24) is 15.1 Å². The Kier molecular flexibility index (Phi) is 3.66. The zero-order chi connectivity index (χ0) is 15.7. The van der Waals surface area contributed by atoms with Crippen LogP contribution in [0.5, 0.6) is 0 Å². The summed E-state index contributed by atoms with van der Waals surface area (Å²) in [5, 5.41) is 16.3. The maximum Gasteiger partial charge on any atom is 0.326 e. The van der Waals surface area contributed by atoms with Crippen LogP contribution in [-0.4, -0.2) is 38.1 Å². The molecule has 1 aromatic carbocycles. The fourth-order valence-electron chi connectivity index (χ4n) is 2.76. The van der Waals surface area contributed by atoms with E-state index >= 15 is 0 Å². The third-order valence-electron chi connectivity index (χ3n) is 4.03. The summed E-state index contributed by atoms with van der Waals surface area (Å²) in [7, 11) is 0. The minimum Gasteiger partial charge on any atom is -0.480 e. The average molecular weight is 299 g/mol. The van der Waals surface area contributed by atoms with Gasteiger partial charge >= 0.3 is 5.97 Å². The van der Waals surface area contributed by atoms with Gasteiger partial charge in [0.1, 0.15) is 11.7 Å². The minimum absolute atomic E-state index is 0.266. The van der Waals surface area contributed by atoms with Gasteiger partial charge in [-0.3, -0.25) is 9.89 Å². The van der Waals surface area contributed by atoms with Crippen molar-refractivity contribution in [1.29, 1.82) is 0 Å². The molecule has 0 saturated heterocycles. The Bertz CT molecular complexity index is 723. The number of H-pyrrole nitrogens is 1. The molecule has 1 amide bonds. The van der Waals surface area contributed by atoms with E-state index in [0.717, 1.165) is 23.2 Å². The minimum atomic E-state index is -0.992. The second-order valence-electron chi connectivity index (χ2n) is 5.39. The average Bonchev–Trinajstić information content (AvgIpc) is 3.02. The molecule has 2 heterocycles. The number of rotatable bonds is 3. The molecule has 1 aliphatic heterocycles. The molecule has 1 unspecified atom stereocenters. The highest BCUT2D eigenvalue weighted by molar-refractivity contribution is 5.95. The number of carbonyl (C=O) groups is 2. The molecular formula is C16H17N3O3. The Hall–Kier alpha value is -2.63. The maximum absolute atomic E-state index is 12.6. The van der Waals surface area contributed by atoms with Crippen LogP contribution in [0.4, 0.5) is 0 Å². The summed E-state index contributed by atoms with van der Waals surface area (Å²) in [6.45, 7) is 2.25. The summed E-state index contributed by atoms with van der Waals surface area (Å²) in [6.07, 6.45) is 1.06. The zero-order valence-electron chi connectivity index (χ0n) is 12.2. The van der Waals surface area contributed by atoms with Crippen LogP contribution in [0.25, 0.3) is 0 Å². The van der Waals surface area contributed by atoms with Crippen molar-refractivity contribution in [2.24, 2.45) is 0 Å². The van der Waals surface area contributed by atoms with Crippen molar-refractivity contribution in [2.75, 3.05) is 0 Å². The summed E-state index contributed by atoms with van der Waals surface area (Å²) in [5.41, 5.74) is 3.09. The van der Waals surface area contributed by atoms with E-state index in [1.165, 1.54) is 4.90 Å². The monoisotopic (exact) mass is 299 g/mol. The van der Waals surface area contributed by atoms with Gasteiger partial charge in [-0.2, -0.15) is 5.10 Å². The highest BCUT2D eigenvalue weighted by Crippen LogP contribution is 2.25. The first-order valence-corrected chi connectivity index (χ1v) is 7.25. The Labute approximate surface area is 127 Å². The SMILES string of the molecule is CCc1cc(C(=O)N2Cc3ccccc3CC2C(=O)O)n[nH]1. The Morgan fingerprint density at radius 2 is 2.09 bits per heavy atom. The number of fused-ring (bicyclic) bond motifs is 1. The number of carboxylic acids is 1. The number of hydrogen-bond donors (Lipinski definition) is 2. The molecule has 22 heavy (non-hydrogen) atoms. The first-order chi connectivity index (χ1) is 10.6. The summed E-state index contributed by atoms with van der Waals surface area (Å²) >= 11 is 0. The molecular weight excluding hydrogens is 282 g/mol. The Balaban J connectivity index is 1.93. The number of nitrogens with zero attached hydrogens (tertiary/aromatic N) is 2. The molecule has 0 spiro atoms. The van der Waals surface area contributed by atoms with Crippen molar-refractivity contribution in [3.05, 3.63) is 52.8 Å². The molecule has 0 aliphatic carbocycles. The molecule has 0 fully saturated rings. The smallest absolute Gasteiger partial charge is 0.326 e. The first-order valence-electron chi connectivity index (χ1n) is 7.25. The van der Waals surface area contributed by atoms with E-state index in [0.29, 0.717) is 13.0 Å². The van der Waals surface area contributed by atoms with Crippen LogP contribution in [-0.2, 0) is 24.2 Å². The molecule has 3 rings (SSSR count). The highest BCUT2D eigenvalue weighted by atomic mass is 16.4. The quantitative estimate of drug-likeness (QED) is 0.901. The third kappa shape index (κ3) is 2.47. The number of hydrogen-bond acceptors (Lipinski definition) is 3. The summed E-state index contributed by atoms with van der Waals surface area (Å²) in [6, 6.07) is 8.45. The van der Waals surface area contributed by atoms with Gasteiger partial charge in [-0.25, -0.2) is 4.79 Å². The van der Waals surface area contributed by atoms with E-state index in [9.17, 15) is 14.7 Å². The van der Waals surface area contributed by atoms with Gasteiger partial charge in [-0.15, -0.1) is 0 Å². The topological polar surface area (TPSA) is 86.3 Å². The summed E-state index contributed by atoms with van der Waals surface area (Å²) in [4.78, 5) is 25.6. The van der Waals surface area contributed by atoms with Gasteiger partial charge in [-0.05, 0) is 23.6 Å². The van der Waals surface area contributed by atoms with Crippen molar-refractivity contribution in [2.45, 2.75) is 32.4 Å². The molecule has 114 valence electrons. The van der Waals surface area contributed by atoms with Crippen LogP contribution in [0.2, 0.25) is 0 Å². The number of carbonyl (C=O) groups excluding carboxylic acids is 1. The van der Waals surface area contributed by atoms with Crippen LogP contribution >= 0.6 is 0 Å². The van der Waals surface area contributed by atoms with Gasteiger partial charge in [0.05, 0.1) is 0 Å². The van der Waals surface area contributed by atoms with Gasteiger partial charge in [0.25, 0.3) is 5.91 Å². The van der Waals surface area contributed by atoms with E-state index in [4.69, 9.17) is 0 Å². The normalized spacial score (nSPS) is 17.1. The van der Waals surface area contributed by atoms with Crippen molar-refractivity contribution in [3.8, 4) is 0 Å². The second-order valence-corrected chi connectivity index (χ2v) is 5.39. The maximum atomic E-state index is 12.6. The van der Waals surface area contributed by atoms with E-state index in [1.54, 1.807) is 6.07 Å². The molecule has 1 atom stereocenters. The van der Waals surface area contributed by atoms with Gasteiger partial charge in [0, 0.05) is 18.7 Å². The lowest BCUT2D eigenvalue weighted by Crippen LogP contribution is -2.48. The number of carboxylic acid groups (broad SMARTS) is 1. The number of aromatic nitrogens is 2. The number of amides is 1. The van der Waals surface area contributed by atoms with Crippen LogP contribution in [0.1, 0.15) is 34.2 Å². The van der Waals surface area contributed by atoms with Crippen LogP contribution in [0.15, 0.2) is 30.3 Å². The van der Waals surface area contributed by atoms with Crippen LogP contribution in [0.3, 0.4) is 0 Å². The molecule has 6 heteroatoms. The molecule has 0 saturated carbocycles. The predicted molar refractivity (Wildman–Crippen MR) is 79.4 cm³/mol. The molecule has 2 aromatic rings. The molecule has 1 aromatic heterocycles. The number of nitrogens with one attached hydrogen (secondary N) is 1. The lowest BCUT2D eigenvalue weighted by molar-refractivity contribution is -0.142. The Morgan fingerprint density at radius 1 is 1.36 bits per heavy atom. The highest BCUT2D eigenvalue weighted by Gasteiger charge is 2.35. The fraction of sp³-hybridized carbons (Fsp3) is 0.312. The molecule has 0 radical (unpaired) electrons. The number of aliphatic carboxylic acids is 1. The van der Waals surface area contributed by atoms with Gasteiger partial charge < -0.3 is 10.0 Å². The fourth-order valence-corrected chi connectivity index (χ4v) is 2.76. The molecule has 2 N–H and O–H groups in total. The van der Waals surface area contributed by atoms with Crippen LogP contribution < -0.4 is 0 Å². The summed E-state index contributed by atoms with van der Waals surface area (Å²) < 4.78 is 0. The van der Waals surface area contributed by atoms with E-state index in [2.05, 4.69) is 10.2 Å². The van der Waals surface area contributed by atoms with Crippen molar-refractivity contribution in [3.63, 3.8) is 0 Å². The van der Waals surface area contributed by atoms with E-state index in [1.807, 2.05) is 31.2 Å². The molecule has 6 nitrogen and oxygen atoms in total. The largest absolute Gasteiger partial charge is 0.480 e. The summed E-state index contributed by atoms with van der Waals surface area (Å²) in [5.74, 6) is -1.34.